The Morgan fingerprint density at radius 1 is 1.00 bits per heavy atom. The topological polar surface area (TPSA) is 73.9 Å². The normalized spacial score (nSPS) is 11.2. The Morgan fingerprint density at radius 2 is 1.68 bits per heavy atom. The lowest BCUT2D eigenvalue weighted by molar-refractivity contribution is 0.310. The van der Waals surface area contributed by atoms with Crippen LogP contribution in [-0.2, 0) is 16.6 Å². The highest BCUT2D eigenvalue weighted by molar-refractivity contribution is 9.10. The quantitative estimate of drug-likeness (QED) is 0.696. The predicted octanol–water partition coefficient (Wildman–Crippen LogP) is 3.34. The summed E-state index contributed by atoms with van der Waals surface area (Å²) in [5.74, 6) is 1.45. The summed E-state index contributed by atoms with van der Waals surface area (Å²) >= 11 is 3.28. The maximum absolute atomic E-state index is 12.6. The van der Waals surface area contributed by atoms with Gasteiger partial charge in [-0.25, -0.2) is 13.1 Å². The number of sulfonamides is 1. The SMILES string of the molecule is CCOc1cc(CNS(=O)(=O)c2cc(Br)ccc2OC)ccc1OC. The first kappa shape index (κ1) is 19.6. The number of rotatable bonds is 8. The minimum Gasteiger partial charge on any atom is -0.495 e. The van der Waals surface area contributed by atoms with Crippen LogP contribution in [0.15, 0.2) is 45.8 Å². The lowest BCUT2D eigenvalue weighted by Gasteiger charge is -2.13. The fourth-order valence-corrected chi connectivity index (χ4v) is 3.94. The predicted molar refractivity (Wildman–Crippen MR) is 98.9 cm³/mol. The summed E-state index contributed by atoms with van der Waals surface area (Å²) in [4.78, 5) is 0.0721. The average Bonchev–Trinajstić information content (AvgIpc) is 2.60. The van der Waals surface area contributed by atoms with Gasteiger partial charge in [-0.1, -0.05) is 22.0 Å². The lowest BCUT2D eigenvalue weighted by atomic mass is 10.2. The number of hydrogen-bond donors (Lipinski definition) is 1. The summed E-state index contributed by atoms with van der Waals surface area (Å²) in [5, 5.41) is 0. The minimum absolute atomic E-state index is 0.0721. The molecule has 0 bridgehead atoms. The molecule has 0 aliphatic rings. The van der Waals surface area contributed by atoms with Gasteiger partial charge >= 0.3 is 0 Å². The van der Waals surface area contributed by atoms with Crippen molar-refractivity contribution in [3.8, 4) is 17.2 Å². The molecule has 0 saturated carbocycles. The minimum atomic E-state index is -3.74. The van der Waals surface area contributed by atoms with Crippen molar-refractivity contribution in [2.24, 2.45) is 0 Å². The molecule has 2 rings (SSSR count). The monoisotopic (exact) mass is 429 g/mol. The van der Waals surface area contributed by atoms with E-state index >= 15 is 0 Å². The molecule has 0 saturated heterocycles. The molecule has 2 aromatic carbocycles. The largest absolute Gasteiger partial charge is 0.495 e. The fraction of sp³-hybridized carbons (Fsp3) is 0.294. The number of methoxy groups -OCH3 is 2. The Bertz CT molecular complexity index is 839. The van der Waals surface area contributed by atoms with E-state index in [0.717, 1.165) is 5.56 Å². The first-order valence-electron chi connectivity index (χ1n) is 7.54. The molecule has 0 heterocycles. The molecule has 0 radical (unpaired) electrons. The van der Waals surface area contributed by atoms with Gasteiger partial charge in [0.25, 0.3) is 0 Å². The van der Waals surface area contributed by atoms with Crippen LogP contribution in [0.1, 0.15) is 12.5 Å². The van der Waals surface area contributed by atoms with Crippen molar-refractivity contribution in [3.05, 3.63) is 46.4 Å². The van der Waals surface area contributed by atoms with Crippen molar-refractivity contribution in [2.45, 2.75) is 18.4 Å². The molecule has 0 aliphatic heterocycles. The molecule has 0 fully saturated rings. The van der Waals surface area contributed by atoms with Crippen LogP contribution in [0.3, 0.4) is 0 Å². The van der Waals surface area contributed by atoms with E-state index in [1.807, 2.05) is 6.92 Å². The number of halogens is 1. The van der Waals surface area contributed by atoms with Gasteiger partial charge in [0.2, 0.25) is 10.0 Å². The number of benzene rings is 2. The van der Waals surface area contributed by atoms with Crippen molar-refractivity contribution in [2.75, 3.05) is 20.8 Å². The highest BCUT2D eigenvalue weighted by atomic mass is 79.9. The van der Waals surface area contributed by atoms with Gasteiger partial charge in [0, 0.05) is 11.0 Å². The van der Waals surface area contributed by atoms with E-state index in [1.54, 1.807) is 37.4 Å². The second-order valence-electron chi connectivity index (χ2n) is 5.04. The molecule has 0 unspecified atom stereocenters. The van der Waals surface area contributed by atoms with Crippen LogP contribution >= 0.6 is 15.9 Å². The third-order valence-electron chi connectivity index (χ3n) is 3.41. The molecule has 25 heavy (non-hydrogen) atoms. The Morgan fingerprint density at radius 3 is 2.32 bits per heavy atom. The van der Waals surface area contributed by atoms with Crippen molar-refractivity contribution >= 4 is 26.0 Å². The van der Waals surface area contributed by atoms with Crippen LogP contribution < -0.4 is 18.9 Å². The van der Waals surface area contributed by atoms with Crippen LogP contribution in [0, 0.1) is 0 Å². The second-order valence-corrected chi connectivity index (χ2v) is 7.69. The Kier molecular flexibility index (Phi) is 6.69. The first-order chi connectivity index (χ1) is 11.9. The highest BCUT2D eigenvalue weighted by Gasteiger charge is 2.20. The van der Waals surface area contributed by atoms with Gasteiger partial charge in [-0.2, -0.15) is 0 Å². The Labute approximate surface area is 156 Å². The molecular weight excluding hydrogens is 410 g/mol. The summed E-state index contributed by atoms with van der Waals surface area (Å²) in [6.07, 6.45) is 0. The van der Waals surface area contributed by atoms with E-state index in [2.05, 4.69) is 20.7 Å². The summed E-state index contributed by atoms with van der Waals surface area (Å²) in [5.41, 5.74) is 0.752. The molecule has 136 valence electrons. The Balaban J connectivity index is 2.23. The molecule has 6 nitrogen and oxygen atoms in total. The molecular formula is C17H20BrNO5S. The molecule has 1 N–H and O–H groups in total. The van der Waals surface area contributed by atoms with E-state index in [0.29, 0.717) is 22.6 Å². The molecule has 0 aromatic heterocycles. The van der Waals surface area contributed by atoms with Gasteiger partial charge in [-0.05, 0) is 42.8 Å². The maximum atomic E-state index is 12.6. The van der Waals surface area contributed by atoms with Gasteiger partial charge in [-0.3, -0.25) is 0 Å². The summed E-state index contributed by atoms with van der Waals surface area (Å²) in [6, 6.07) is 10.1. The number of nitrogens with one attached hydrogen (secondary N) is 1. The van der Waals surface area contributed by atoms with E-state index in [-0.39, 0.29) is 17.2 Å². The summed E-state index contributed by atoms with van der Waals surface area (Å²) < 4.78 is 44.3. The third kappa shape index (κ3) is 4.87. The van der Waals surface area contributed by atoms with Crippen molar-refractivity contribution in [1.29, 1.82) is 0 Å². The van der Waals surface area contributed by atoms with Gasteiger partial charge in [0.15, 0.2) is 11.5 Å². The van der Waals surface area contributed by atoms with Crippen molar-refractivity contribution in [3.63, 3.8) is 0 Å². The summed E-state index contributed by atoms with van der Waals surface area (Å²) in [6.45, 7) is 2.47. The second kappa shape index (κ2) is 8.55. The van der Waals surface area contributed by atoms with Crippen molar-refractivity contribution in [1.82, 2.24) is 4.72 Å². The van der Waals surface area contributed by atoms with E-state index in [4.69, 9.17) is 14.2 Å². The zero-order valence-electron chi connectivity index (χ0n) is 14.2. The standard InChI is InChI=1S/C17H20BrNO5S/c1-4-24-16-9-12(5-7-14(16)22-2)11-19-25(20,21)17-10-13(18)6-8-15(17)23-3/h5-10,19H,4,11H2,1-3H3. The maximum Gasteiger partial charge on any atom is 0.244 e. The fourth-order valence-electron chi connectivity index (χ4n) is 2.22. The van der Waals surface area contributed by atoms with Crippen LogP contribution in [0.25, 0.3) is 0 Å². The lowest BCUT2D eigenvalue weighted by Crippen LogP contribution is -2.23. The van der Waals surface area contributed by atoms with Crippen molar-refractivity contribution < 1.29 is 22.6 Å². The highest BCUT2D eigenvalue weighted by Crippen LogP contribution is 2.29. The zero-order chi connectivity index (χ0) is 18.4. The molecule has 0 amide bonds. The van der Waals surface area contributed by atoms with E-state index < -0.39 is 10.0 Å². The van der Waals surface area contributed by atoms with Gasteiger partial charge in [-0.15, -0.1) is 0 Å². The van der Waals surface area contributed by atoms with Crippen LogP contribution in [0.2, 0.25) is 0 Å². The molecule has 8 heteroatoms. The van der Waals surface area contributed by atoms with Crippen LogP contribution in [-0.4, -0.2) is 29.2 Å². The smallest absolute Gasteiger partial charge is 0.244 e. The molecule has 0 spiro atoms. The van der Waals surface area contributed by atoms with Crippen LogP contribution in [0.4, 0.5) is 0 Å². The molecule has 0 aliphatic carbocycles. The van der Waals surface area contributed by atoms with Crippen LogP contribution in [0.5, 0.6) is 17.2 Å². The van der Waals surface area contributed by atoms with Gasteiger partial charge in [0.05, 0.1) is 20.8 Å². The zero-order valence-corrected chi connectivity index (χ0v) is 16.6. The third-order valence-corrected chi connectivity index (χ3v) is 5.33. The average molecular weight is 430 g/mol. The first-order valence-corrected chi connectivity index (χ1v) is 9.81. The number of hydrogen-bond acceptors (Lipinski definition) is 5. The van der Waals surface area contributed by atoms with Gasteiger partial charge < -0.3 is 14.2 Å². The summed E-state index contributed by atoms with van der Waals surface area (Å²) in [7, 11) is -0.756. The van der Waals surface area contributed by atoms with Gasteiger partial charge in [0.1, 0.15) is 10.6 Å². The molecule has 2 aromatic rings. The number of ether oxygens (including phenoxy) is 3. The molecule has 0 atom stereocenters. The van der Waals surface area contributed by atoms with E-state index in [9.17, 15) is 8.42 Å². The Hall–Kier alpha value is -1.77. The van der Waals surface area contributed by atoms with E-state index in [1.165, 1.54) is 13.2 Å².